The molecule has 0 unspecified atom stereocenters. The quantitative estimate of drug-likeness (QED) is 0.464. The number of nitro groups is 2. The van der Waals surface area contributed by atoms with Gasteiger partial charge in [0.15, 0.2) is 0 Å². The van der Waals surface area contributed by atoms with Gasteiger partial charge in [-0.25, -0.2) is 12.8 Å². The van der Waals surface area contributed by atoms with Crippen LogP contribution in [0.4, 0.5) is 27.1 Å². The maximum atomic E-state index is 14.0. The van der Waals surface area contributed by atoms with E-state index in [0.29, 0.717) is 6.07 Å². The van der Waals surface area contributed by atoms with Gasteiger partial charge in [-0.1, -0.05) is 0 Å². The number of nitrogen functional groups attached to an aromatic ring is 1. The van der Waals surface area contributed by atoms with E-state index in [-0.39, 0.29) is 16.9 Å². The molecule has 10 nitrogen and oxygen atoms in total. The lowest BCUT2D eigenvalue weighted by molar-refractivity contribution is -0.385. The van der Waals surface area contributed by atoms with Crippen LogP contribution in [0, 0.1) is 33.0 Å². The lowest BCUT2D eigenvalue weighted by atomic mass is 10.2. The number of hydrogen-bond donors (Lipinski definition) is 2. The van der Waals surface area contributed by atoms with Gasteiger partial charge >= 0.3 is 0 Å². The number of sulfonamides is 1. The molecule has 0 aliphatic rings. The van der Waals surface area contributed by atoms with Gasteiger partial charge in [0.2, 0.25) is 0 Å². The first-order valence-electron chi connectivity index (χ1n) is 6.54. The summed E-state index contributed by atoms with van der Waals surface area (Å²) in [7, 11) is -4.56. The molecule has 0 heterocycles. The molecular formula is C13H11FN4O6S. The van der Waals surface area contributed by atoms with Crippen molar-refractivity contribution < 1.29 is 22.7 Å². The topological polar surface area (TPSA) is 158 Å². The molecule has 0 amide bonds. The molecule has 2 aromatic carbocycles. The molecule has 0 aliphatic heterocycles. The first kappa shape index (κ1) is 18.1. The largest absolute Gasteiger partial charge is 0.393 e. The summed E-state index contributed by atoms with van der Waals surface area (Å²) in [5.74, 6) is -1.19. The fraction of sp³-hybridized carbons (Fsp3) is 0.0769. The van der Waals surface area contributed by atoms with E-state index in [9.17, 15) is 33.0 Å². The van der Waals surface area contributed by atoms with Crippen LogP contribution in [0.5, 0.6) is 0 Å². The molecule has 0 fully saturated rings. The van der Waals surface area contributed by atoms with Gasteiger partial charge in [-0.2, -0.15) is 0 Å². The van der Waals surface area contributed by atoms with Crippen molar-refractivity contribution in [1.82, 2.24) is 0 Å². The van der Waals surface area contributed by atoms with Crippen LogP contribution in [0.25, 0.3) is 0 Å². The molecule has 2 aromatic rings. The predicted molar refractivity (Wildman–Crippen MR) is 86.1 cm³/mol. The van der Waals surface area contributed by atoms with Crippen LogP contribution in [-0.2, 0) is 10.0 Å². The van der Waals surface area contributed by atoms with Crippen molar-refractivity contribution in [2.75, 3.05) is 10.5 Å². The molecule has 0 aliphatic carbocycles. The zero-order chi connectivity index (χ0) is 18.9. The van der Waals surface area contributed by atoms with Crippen molar-refractivity contribution in [3.05, 3.63) is 61.9 Å². The summed E-state index contributed by atoms with van der Waals surface area (Å²) in [6, 6.07) is 4.40. The van der Waals surface area contributed by atoms with Crippen molar-refractivity contribution in [3.63, 3.8) is 0 Å². The van der Waals surface area contributed by atoms with Crippen LogP contribution in [0.15, 0.2) is 35.2 Å². The van der Waals surface area contributed by atoms with E-state index in [0.717, 1.165) is 24.3 Å². The molecule has 12 heteroatoms. The molecule has 2 rings (SSSR count). The molecule has 0 atom stereocenters. The maximum Gasteiger partial charge on any atom is 0.294 e. The van der Waals surface area contributed by atoms with Crippen molar-refractivity contribution in [3.8, 4) is 0 Å². The molecule has 0 saturated carbocycles. The first-order valence-corrected chi connectivity index (χ1v) is 8.02. The fourth-order valence-electron chi connectivity index (χ4n) is 2.02. The van der Waals surface area contributed by atoms with E-state index in [1.807, 2.05) is 4.72 Å². The predicted octanol–water partition coefficient (Wildman–Crippen LogP) is 2.33. The Labute approximate surface area is 140 Å². The number of nitrogens with one attached hydrogen (secondary N) is 1. The highest BCUT2D eigenvalue weighted by atomic mass is 32.2. The van der Waals surface area contributed by atoms with Crippen LogP contribution in [-0.4, -0.2) is 18.3 Å². The van der Waals surface area contributed by atoms with E-state index >= 15 is 0 Å². The maximum absolute atomic E-state index is 14.0. The van der Waals surface area contributed by atoms with E-state index in [1.54, 1.807) is 0 Å². The van der Waals surface area contributed by atoms with E-state index in [1.165, 1.54) is 6.92 Å². The minimum Gasteiger partial charge on any atom is -0.393 e. The third kappa shape index (κ3) is 3.63. The Balaban J connectivity index is 2.50. The molecule has 0 aromatic heterocycles. The summed E-state index contributed by atoms with van der Waals surface area (Å²) in [5, 5.41) is 21.7. The summed E-state index contributed by atoms with van der Waals surface area (Å²) in [5.41, 5.74) is 3.79. The van der Waals surface area contributed by atoms with Gasteiger partial charge in [-0.15, -0.1) is 0 Å². The normalized spacial score (nSPS) is 11.1. The van der Waals surface area contributed by atoms with Gasteiger partial charge in [0.1, 0.15) is 16.4 Å². The number of halogens is 1. The average Bonchev–Trinajstić information content (AvgIpc) is 2.47. The number of nitro benzene ring substituents is 2. The molecule has 0 saturated heterocycles. The van der Waals surface area contributed by atoms with Gasteiger partial charge in [-0.05, 0) is 25.1 Å². The summed E-state index contributed by atoms with van der Waals surface area (Å²) < 4.78 is 40.5. The second-order valence-corrected chi connectivity index (χ2v) is 6.61. The Bertz CT molecular complexity index is 992. The number of nitrogens with zero attached hydrogens (tertiary/aromatic N) is 2. The third-order valence-corrected chi connectivity index (χ3v) is 4.61. The molecule has 132 valence electrons. The molecular weight excluding hydrogens is 359 g/mol. The number of hydrogen-bond acceptors (Lipinski definition) is 7. The minimum atomic E-state index is -4.56. The van der Waals surface area contributed by atoms with Crippen LogP contribution in [0.1, 0.15) is 5.56 Å². The Morgan fingerprint density at radius 3 is 2.24 bits per heavy atom. The highest BCUT2D eigenvalue weighted by Gasteiger charge is 2.25. The highest BCUT2D eigenvalue weighted by molar-refractivity contribution is 7.92. The van der Waals surface area contributed by atoms with Crippen molar-refractivity contribution in [1.29, 1.82) is 0 Å². The summed E-state index contributed by atoms with van der Waals surface area (Å²) in [6.07, 6.45) is 0. The van der Waals surface area contributed by atoms with E-state index in [2.05, 4.69) is 0 Å². The zero-order valence-electron chi connectivity index (χ0n) is 12.6. The van der Waals surface area contributed by atoms with Crippen molar-refractivity contribution in [2.45, 2.75) is 11.8 Å². The number of rotatable bonds is 5. The second kappa shape index (κ2) is 6.32. The first-order chi connectivity index (χ1) is 11.5. The number of aryl methyl sites for hydroxylation is 1. The highest BCUT2D eigenvalue weighted by Crippen LogP contribution is 2.29. The number of nitrogens with two attached hydrogens (primary N) is 1. The second-order valence-electron chi connectivity index (χ2n) is 4.96. The average molecular weight is 370 g/mol. The molecule has 0 bridgehead atoms. The van der Waals surface area contributed by atoms with E-state index < -0.39 is 42.0 Å². The molecule has 0 radical (unpaired) electrons. The standard InChI is InChI=1S/C13H11FN4O6S/c1-7-4-9(14)13(6-11(7)17(19)20)25(23,24)16-8-2-3-10(15)12(5-8)18(21)22/h2-6,16H,15H2,1H3. The van der Waals surface area contributed by atoms with Crippen LogP contribution in [0.3, 0.4) is 0 Å². The zero-order valence-corrected chi connectivity index (χ0v) is 13.4. The Kier molecular flexibility index (Phi) is 4.56. The van der Waals surface area contributed by atoms with Crippen LogP contribution in [0.2, 0.25) is 0 Å². The molecule has 3 N–H and O–H groups in total. The van der Waals surface area contributed by atoms with Crippen molar-refractivity contribution >= 4 is 32.8 Å². The summed E-state index contributed by atoms with van der Waals surface area (Å²) >= 11 is 0. The molecule has 25 heavy (non-hydrogen) atoms. The lowest BCUT2D eigenvalue weighted by Crippen LogP contribution is -2.15. The third-order valence-electron chi connectivity index (χ3n) is 3.22. The van der Waals surface area contributed by atoms with Gasteiger partial charge in [0, 0.05) is 17.7 Å². The molecule has 0 spiro atoms. The van der Waals surface area contributed by atoms with Crippen molar-refractivity contribution in [2.24, 2.45) is 0 Å². The minimum absolute atomic E-state index is 0.0513. The van der Waals surface area contributed by atoms with E-state index in [4.69, 9.17) is 5.73 Å². The Morgan fingerprint density at radius 1 is 1.08 bits per heavy atom. The van der Waals surface area contributed by atoms with Gasteiger partial charge < -0.3 is 5.73 Å². The smallest absolute Gasteiger partial charge is 0.294 e. The lowest BCUT2D eigenvalue weighted by Gasteiger charge is -2.10. The number of benzene rings is 2. The van der Waals surface area contributed by atoms with Gasteiger partial charge in [0.05, 0.1) is 15.5 Å². The fourth-order valence-corrected chi connectivity index (χ4v) is 3.15. The van der Waals surface area contributed by atoms with Crippen LogP contribution < -0.4 is 10.5 Å². The number of anilines is 2. The van der Waals surface area contributed by atoms with Gasteiger partial charge in [0.25, 0.3) is 21.4 Å². The summed E-state index contributed by atoms with van der Waals surface area (Å²) in [4.78, 5) is 19.1. The van der Waals surface area contributed by atoms with Gasteiger partial charge in [-0.3, -0.25) is 25.0 Å². The Morgan fingerprint density at radius 2 is 1.68 bits per heavy atom. The monoisotopic (exact) mass is 370 g/mol. The Hall–Kier alpha value is -3.28. The summed E-state index contributed by atoms with van der Waals surface area (Å²) in [6.45, 7) is 1.26. The van der Waals surface area contributed by atoms with Crippen LogP contribution >= 0.6 is 0 Å². The SMILES string of the molecule is Cc1cc(F)c(S(=O)(=O)Nc2ccc(N)c([N+](=O)[O-])c2)cc1[N+](=O)[O-].